The van der Waals surface area contributed by atoms with Gasteiger partial charge < -0.3 is 9.29 Å². The van der Waals surface area contributed by atoms with Crippen molar-refractivity contribution in [2.75, 3.05) is 7.11 Å². The highest BCUT2D eigenvalue weighted by Crippen LogP contribution is 2.09. The zero-order chi connectivity index (χ0) is 14.3. The van der Waals surface area contributed by atoms with E-state index in [2.05, 4.69) is 12.6 Å². The van der Waals surface area contributed by atoms with E-state index < -0.39 is 10.1 Å². The number of hydrogen-bond acceptors (Lipinski definition) is 4. The number of hydrogen-bond donors (Lipinski definition) is 0. The quantitative estimate of drug-likeness (QED) is 0.624. The lowest BCUT2D eigenvalue weighted by molar-refractivity contribution is 0.414. The smallest absolute Gasteiger partial charge is 0.150 e. The van der Waals surface area contributed by atoms with Gasteiger partial charge in [0.1, 0.15) is 15.9 Å². The van der Waals surface area contributed by atoms with Crippen molar-refractivity contribution >= 4 is 22.7 Å². The van der Waals surface area contributed by atoms with Gasteiger partial charge in [0.15, 0.2) is 4.90 Å². The van der Waals surface area contributed by atoms with Crippen molar-refractivity contribution in [3.8, 4) is 5.75 Å². The third-order valence-corrected chi connectivity index (χ3v) is 3.30. The molecular weight excluding hydrogens is 284 g/mol. The molecule has 4 nitrogen and oxygen atoms in total. The molecule has 0 spiro atoms. The largest absolute Gasteiger partial charge is 0.744 e. The van der Waals surface area contributed by atoms with Crippen molar-refractivity contribution < 1.29 is 17.7 Å². The Balaban J connectivity index is 0.000000191. The van der Waals surface area contributed by atoms with Crippen molar-refractivity contribution in [3.63, 3.8) is 0 Å². The standard InChI is InChI=1S/C7H8OS.C6H6O3S/c1-8-6-2-4-7(9)5-3-6;7-10(8,9)6-4-2-1-3-5-6/h2-5,9H,1H3;1-5H,(H,7,8,9). The lowest BCUT2D eigenvalue weighted by Crippen LogP contribution is -1.96. The van der Waals surface area contributed by atoms with Gasteiger partial charge in [-0.05, 0) is 49.0 Å². The number of methoxy groups -OCH3 is 1. The van der Waals surface area contributed by atoms with Crippen LogP contribution >= 0.6 is 0 Å². The molecule has 0 fully saturated rings. The minimum absolute atomic E-state index is 0.185. The summed E-state index contributed by atoms with van der Waals surface area (Å²) >= 11 is 3.37. The van der Waals surface area contributed by atoms with Gasteiger partial charge in [-0.2, -0.15) is 0 Å². The van der Waals surface area contributed by atoms with E-state index in [1.54, 1.807) is 13.2 Å². The fourth-order valence-corrected chi connectivity index (χ4v) is 1.84. The molecule has 0 amide bonds. The molecule has 6 heteroatoms. The second-order valence-corrected chi connectivity index (χ2v) is 5.45. The van der Waals surface area contributed by atoms with Gasteiger partial charge in [0.05, 0.1) is 12.0 Å². The fourth-order valence-electron chi connectivity index (χ4n) is 1.18. The lowest BCUT2D eigenvalue weighted by Gasteiger charge is -2.04. The van der Waals surface area contributed by atoms with Crippen LogP contribution in [0.1, 0.15) is 0 Å². The summed E-state index contributed by atoms with van der Waals surface area (Å²) in [5, 5.41) is 0. The molecule has 0 saturated carbocycles. The molecule has 0 saturated heterocycles. The predicted molar refractivity (Wildman–Crippen MR) is 75.8 cm³/mol. The summed E-state index contributed by atoms with van der Waals surface area (Å²) in [6, 6.07) is 14.9. The number of ether oxygens (including phenoxy) is 1. The Bertz CT molecular complexity index is 592. The van der Waals surface area contributed by atoms with Crippen LogP contribution in [-0.4, -0.2) is 20.1 Å². The molecule has 0 aliphatic carbocycles. The van der Waals surface area contributed by atoms with Crippen LogP contribution in [-0.2, 0) is 22.7 Å². The average Bonchev–Trinajstić information content (AvgIpc) is 2.40. The summed E-state index contributed by atoms with van der Waals surface area (Å²) in [6.07, 6.45) is 0. The van der Waals surface area contributed by atoms with E-state index in [1.165, 1.54) is 24.3 Å². The first-order chi connectivity index (χ1) is 8.93. The third-order valence-electron chi connectivity index (χ3n) is 2.12. The minimum atomic E-state index is -4.25. The highest BCUT2D eigenvalue weighted by molar-refractivity contribution is 7.85. The van der Waals surface area contributed by atoms with Crippen LogP contribution in [0, 0.1) is 0 Å². The molecule has 2 rings (SSSR count). The average molecular weight is 298 g/mol. The summed E-state index contributed by atoms with van der Waals surface area (Å²) in [5.41, 5.74) is 0. The Kier molecular flexibility index (Phi) is 5.88. The van der Waals surface area contributed by atoms with Crippen molar-refractivity contribution in [3.05, 3.63) is 54.6 Å². The first-order valence-corrected chi connectivity index (χ1v) is 7.21. The molecule has 0 bridgehead atoms. The van der Waals surface area contributed by atoms with E-state index in [0.717, 1.165) is 10.6 Å². The van der Waals surface area contributed by atoms with Gasteiger partial charge in [-0.25, -0.2) is 8.42 Å². The maximum atomic E-state index is 10.3. The molecule has 0 atom stereocenters. The van der Waals surface area contributed by atoms with E-state index in [9.17, 15) is 13.0 Å². The predicted octanol–water partition coefficient (Wildman–Crippen LogP) is 1.66. The molecule has 2 aromatic carbocycles. The monoisotopic (exact) mass is 298 g/mol. The SMILES string of the molecule is COc1ccc([SH2+])cc1.O=S(=O)([O-])c1ccccc1. The molecular formula is C13H14O4S2. The first kappa shape index (κ1) is 15.6. The van der Waals surface area contributed by atoms with Crippen LogP contribution in [0.2, 0.25) is 0 Å². The van der Waals surface area contributed by atoms with Crippen molar-refractivity contribution in [1.29, 1.82) is 0 Å². The van der Waals surface area contributed by atoms with Crippen LogP contribution in [0.3, 0.4) is 0 Å². The van der Waals surface area contributed by atoms with Crippen molar-refractivity contribution in [1.82, 2.24) is 0 Å². The summed E-state index contributed by atoms with van der Waals surface area (Å²) in [7, 11) is -2.60. The summed E-state index contributed by atoms with van der Waals surface area (Å²) in [4.78, 5) is 0.880. The Morgan fingerprint density at radius 3 is 1.89 bits per heavy atom. The molecule has 2 aromatic rings. The van der Waals surface area contributed by atoms with Crippen LogP contribution in [0.4, 0.5) is 0 Å². The number of rotatable bonds is 2. The fraction of sp³-hybridized carbons (Fsp3) is 0.0769. The van der Waals surface area contributed by atoms with Gasteiger partial charge in [-0.15, -0.1) is 0 Å². The minimum Gasteiger partial charge on any atom is -0.744 e. The van der Waals surface area contributed by atoms with E-state index in [1.807, 2.05) is 24.3 Å². The number of benzene rings is 2. The van der Waals surface area contributed by atoms with Gasteiger partial charge in [0.2, 0.25) is 0 Å². The van der Waals surface area contributed by atoms with E-state index in [4.69, 9.17) is 4.74 Å². The van der Waals surface area contributed by atoms with E-state index in [0.29, 0.717) is 0 Å². The zero-order valence-electron chi connectivity index (χ0n) is 10.2. The molecule has 0 aliphatic rings. The normalized spacial score (nSPS) is 10.3. The maximum absolute atomic E-state index is 10.3. The highest BCUT2D eigenvalue weighted by atomic mass is 32.2. The molecule has 0 aliphatic heterocycles. The molecule has 19 heavy (non-hydrogen) atoms. The second-order valence-electron chi connectivity index (χ2n) is 3.50. The highest BCUT2D eigenvalue weighted by Gasteiger charge is 1.95. The zero-order valence-corrected chi connectivity index (χ0v) is 12.1. The molecule has 0 radical (unpaired) electrons. The van der Waals surface area contributed by atoms with E-state index >= 15 is 0 Å². The Morgan fingerprint density at radius 2 is 1.53 bits per heavy atom. The molecule has 0 N–H and O–H groups in total. The van der Waals surface area contributed by atoms with Crippen molar-refractivity contribution in [2.45, 2.75) is 9.79 Å². The maximum Gasteiger partial charge on any atom is 0.150 e. The summed E-state index contributed by atoms with van der Waals surface area (Å²) < 4.78 is 35.8. The Hall–Kier alpha value is -1.50. The van der Waals surface area contributed by atoms with Gasteiger partial charge in [0.25, 0.3) is 0 Å². The Morgan fingerprint density at radius 1 is 1.00 bits per heavy atom. The van der Waals surface area contributed by atoms with Gasteiger partial charge in [-0.3, -0.25) is 0 Å². The van der Waals surface area contributed by atoms with Gasteiger partial charge in [0, 0.05) is 0 Å². The molecule has 0 unspecified atom stereocenters. The summed E-state index contributed by atoms with van der Waals surface area (Å²) in [6.45, 7) is 0. The van der Waals surface area contributed by atoms with Gasteiger partial charge in [-0.1, -0.05) is 18.2 Å². The van der Waals surface area contributed by atoms with Crippen LogP contribution in [0.25, 0.3) is 0 Å². The molecule has 0 aromatic heterocycles. The first-order valence-electron chi connectivity index (χ1n) is 5.30. The van der Waals surface area contributed by atoms with Crippen LogP contribution in [0.15, 0.2) is 64.4 Å². The van der Waals surface area contributed by atoms with E-state index in [-0.39, 0.29) is 4.90 Å². The van der Waals surface area contributed by atoms with Crippen LogP contribution in [0.5, 0.6) is 5.75 Å². The topological polar surface area (TPSA) is 66.4 Å². The second kappa shape index (κ2) is 7.18. The molecule has 102 valence electrons. The van der Waals surface area contributed by atoms with Gasteiger partial charge >= 0.3 is 0 Å². The third kappa shape index (κ3) is 5.78. The summed E-state index contributed by atoms with van der Waals surface area (Å²) in [5.74, 6) is 0.886. The van der Waals surface area contributed by atoms with Crippen LogP contribution < -0.4 is 4.74 Å². The Labute approximate surface area is 118 Å². The lowest BCUT2D eigenvalue weighted by atomic mass is 10.3. The van der Waals surface area contributed by atoms with Crippen molar-refractivity contribution in [2.24, 2.45) is 0 Å². The molecule has 0 heterocycles.